The van der Waals surface area contributed by atoms with Crippen molar-refractivity contribution in [3.63, 3.8) is 0 Å². The summed E-state index contributed by atoms with van der Waals surface area (Å²) in [6.45, 7) is 6.71. The molecule has 3 nitrogen and oxygen atoms in total. The van der Waals surface area contributed by atoms with E-state index >= 15 is 0 Å². The molecule has 2 aromatic carbocycles. The Bertz CT molecular complexity index is 999. The van der Waals surface area contributed by atoms with E-state index in [2.05, 4.69) is 87.3 Å². The van der Waals surface area contributed by atoms with Crippen LogP contribution in [0, 0.1) is 5.92 Å². The van der Waals surface area contributed by atoms with Gasteiger partial charge in [-0.25, -0.2) is 0 Å². The minimum Gasteiger partial charge on any atom is -0.390 e. The Morgan fingerprint density at radius 3 is 2.17 bits per heavy atom. The molecule has 3 aromatic rings. The first kappa shape index (κ1) is 24.7. The number of likely N-dealkylation sites (tertiary alicyclic amines) is 2. The van der Waals surface area contributed by atoms with Crippen molar-refractivity contribution in [1.82, 2.24) is 9.80 Å². The van der Waals surface area contributed by atoms with Gasteiger partial charge in [0.1, 0.15) is 0 Å². The summed E-state index contributed by atoms with van der Waals surface area (Å²) < 4.78 is 0. The molecule has 1 unspecified atom stereocenters. The van der Waals surface area contributed by atoms with Gasteiger partial charge in [-0.05, 0) is 78.0 Å². The lowest BCUT2D eigenvalue weighted by atomic mass is 9.84. The second-order valence-corrected chi connectivity index (χ2v) is 11.6. The minimum atomic E-state index is -0.477. The normalized spacial score (nSPS) is 23.0. The summed E-state index contributed by atoms with van der Waals surface area (Å²) in [7, 11) is 0. The predicted molar refractivity (Wildman–Crippen MR) is 147 cm³/mol. The number of aryl methyl sites for hydroxylation is 1. The van der Waals surface area contributed by atoms with E-state index in [1.54, 1.807) is 0 Å². The maximum absolute atomic E-state index is 11.2. The number of piperidine rings is 1. The Morgan fingerprint density at radius 2 is 1.51 bits per heavy atom. The number of thiophene rings is 1. The first-order valence-electron chi connectivity index (χ1n) is 13.4. The highest BCUT2D eigenvalue weighted by Crippen LogP contribution is 2.36. The van der Waals surface area contributed by atoms with Gasteiger partial charge in [-0.15, -0.1) is 0 Å². The molecule has 186 valence electrons. The standard InChI is InChI=1S/C31H40N2OS/c34-31(15-7-12-26-8-3-1-4-9-26)16-19-32(20-17-31)22-29-23-33(18-13-27-10-5-2-6-11-27)24-30(29)28-14-21-35-25-28/h1-6,8-11,14,21,25,29-30,34H,7,12-13,15-20,22-24H2/t29?,30-/m0/s1. The summed E-state index contributed by atoms with van der Waals surface area (Å²) in [4.78, 5) is 5.32. The van der Waals surface area contributed by atoms with Gasteiger partial charge >= 0.3 is 0 Å². The van der Waals surface area contributed by atoms with Gasteiger partial charge in [0.15, 0.2) is 0 Å². The molecule has 2 saturated heterocycles. The molecule has 0 spiro atoms. The SMILES string of the molecule is OC1(CCCc2ccccc2)CCN(CC2CN(CCc3ccccc3)C[C@H]2c2ccsc2)CC1. The van der Waals surface area contributed by atoms with Crippen molar-refractivity contribution in [2.45, 2.75) is 50.0 Å². The van der Waals surface area contributed by atoms with Crippen molar-refractivity contribution in [3.8, 4) is 0 Å². The van der Waals surface area contributed by atoms with E-state index in [1.807, 2.05) is 11.3 Å². The molecule has 3 heterocycles. The number of aliphatic hydroxyl groups is 1. The van der Waals surface area contributed by atoms with Crippen LogP contribution in [0.3, 0.4) is 0 Å². The molecule has 0 saturated carbocycles. The van der Waals surface area contributed by atoms with Crippen LogP contribution in [0.4, 0.5) is 0 Å². The topological polar surface area (TPSA) is 26.7 Å². The van der Waals surface area contributed by atoms with Crippen molar-refractivity contribution in [2.24, 2.45) is 5.92 Å². The van der Waals surface area contributed by atoms with Crippen LogP contribution in [0.1, 0.15) is 48.3 Å². The predicted octanol–water partition coefficient (Wildman–Crippen LogP) is 5.86. The van der Waals surface area contributed by atoms with Gasteiger partial charge in [-0.2, -0.15) is 11.3 Å². The lowest BCUT2D eigenvalue weighted by molar-refractivity contribution is -0.0316. The van der Waals surface area contributed by atoms with Crippen LogP contribution in [-0.4, -0.2) is 59.8 Å². The van der Waals surface area contributed by atoms with Crippen LogP contribution >= 0.6 is 11.3 Å². The minimum absolute atomic E-state index is 0.477. The summed E-state index contributed by atoms with van der Waals surface area (Å²) in [6, 6.07) is 23.9. The fourth-order valence-corrected chi connectivity index (χ4v) is 6.85. The Labute approximate surface area is 215 Å². The molecule has 0 aliphatic carbocycles. The van der Waals surface area contributed by atoms with Crippen LogP contribution < -0.4 is 0 Å². The van der Waals surface area contributed by atoms with Gasteiger partial charge in [-0.3, -0.25) is 0 Å². The summed E-state index contributed by atoms with van der Waals surface area (Å²) in [6.07, 6.45) is 6.01. The first-order valence-corrected chi connectivity index (χ1v) is 14.4. The van der Waals surface area contributed by atoms with Gasteiger partial charge in [0.25, 0.3) is 0 Å². The average molecular weight is 489 g/mol. The monoisotopic (exact) mass is 488 g/mol. The number of nitrogens with zero attached hydrogens (tertiary/aromatic N) is 2. The Balaban J connectivity index is 1.12. The lowest BCUT2D eigenvalue weighted by Crippen LogP contribution is -2.46. The van der Waals surface area contributed by atoms with Crippen LogP contribution in [0.25, 0.3) is 0 Å². The smallest absolute Gasteiger partial charge is 0.0672 e. The molecular weight excluding hydrogens is 448 g/mol. The number of benzene rings is 2. The molecule has 2 aliphatic heterocycles. The lowest BCUT2D eigenvalue weighted by Gasteiger charge is -2.39. The maximum atomic E-state index is 11.2. The Morgan fingerprint density at radius 1 is 0.829 bits per heavy atom. The van der Waals surface area contributed by atoms with E-state index in [0.717, 1.165) is 64.7 Å². The van der Waals surface area contributed by atoms with Gasteiger partial charge in [0.2, 0.25) is 0 Å². The van der Waals surface area contributed by atoms with Crippen molar-refractivity contribution in [2.75, 3.05) is 39.3 Å². The van der Waals surface area contributed by atoms with Gasteiger partial charge in [-0.1, -0.05) is 60.7 Å². The van der Waals surface area contributed by atoms with Crippen molar-refractivity contribution in [1.29, 1.82) is 0 Å². The molecule has 1 N–H and O–H groups in total. The molecule has 0 radical (unpaired) electrons. The van der Waals surface area contributed by atoms with E-state index in [-0.39, 0.29) is 0 Å². The second-order valence-electron chi connectivity index (χ2n) is 10.8. The van der Waals surface area contributed by atoms with E-state index in [4.69, 9.17) is 0 Å². The zero-order valence-electron chi connectivity index (χ0n) is 20.9. The third-order valence-electron chi connectivity index (χ3n) is 8.28. The highest BCUT2D eigenvalue weighted by atomic mass is 32.1. The second kappa shape index (κ2) is 11.8. The highest BCUT2D eigenvalue weighted by Gasteiger charge is 2.37. The van der Waals surface area contributed by atoms with Gasteiger partial charge in [0, 0.05) is 45.2 Å². The third-order valence-corrected chi connectivity index (χ3v) is 8.98. The zero-order valence-corrected chi connectivity index (χ0v) is 21.7. The average Bonchev–Trinajstić information content (AvgIpc) is 3.56. The Hall–Kier alpha value is -1.98. The number of hydrogen-bond acceptors (Lipinski definition) is 4. The molecule has 2 aliphatic rings. The summed E-state index contributed by atoms with van der Waals surface area (Å²) in [5, 5.41) is 15.8. The number of rotatable bonds is 10. The van der Waals surface area contributed by atoms with Crippen LogP contribution in [0.2, 0.25) is 0 Å². The summed E-state index contributed by atoms with van der Waals surface area (Å²) >= 11 is 1.83. The van der Waals surface area contributed by atoms with Gasteiger partial charge in [0.05, 0.1) is 5.60 Å². The molecule has 2 atom stereocenters. The fourth-order valence-electron chi connectivity index (χ4n) is 6.12. The van der Waals surface area contributed by atoms with Crippen LogP contribution in [-0.2, 0) is 12.8 Å². The zero-order chi connectivity index (χ0) is 23.9. The molecule has 4 heteroatoms. The summed E-state index contributed by atoms with van der Waals surface area (Å²) in [5.74, 6) is 1.30. The third kappa shape index (κ3) is 6.83. The van der Waals surface area contributed by atoms with Crippen molar-refractivity contribution in [3.05, 3.63) is 94.2 Å². The number of hydrogen-bond donors (Lipinski definition) is 1. The Kier molecular flexibility index (Phi) is 8.35. The molecule has 2 fully saturated rings. The van der Waals surface area contributed by atoms with Crippen molar-refractivity contribution >= 4 is 11.3 Å². The van der Waals surface area contributed by atoms with E-state index < -0.39 is 5.60 Å². The van der Waals surface area contributed by atoms with Crippen molar-refractivity contribution < 1.29 is 5.11 Å². The molecule has 0 bridgehead atoms. The molecule has 0 amide bonds. The molecule has 1 aromatic heterocycles. The first-order chi connectivity index (χ1) is 17.2. The fraction of sp³-hybridized carbons (Fsp3) is 0.484. The maximum Gasteiger partial charge on any atom is 0.0672 e. The van der Waals surface area contributed by atoms with Crippen LogP contribution in [0.5, 0.6) is 0 Å². The van der Waals surface area contributed by atoms with E-state index in [0.29, 0.717) is 11.8 Å². The van der Waals surface area contributed by atoms with E-state index in [9.17, 15) is 5.11 Å². The van der Waals surface area contributed by atoms with Gasteiger partial charge < -0.3 is 14.9 Å². The van der Waals surface area contributed by atoms with E-state index in [1.165, 1.54) is 29.8 Å². The quantitative estimate of drug-likeness (QED) is 0.387. The molecule has 5 rings (SSSR count). The highest BCUT2D eigenvalue weighted by molar-refractivity contribution is 7.08. The molecular formula is C31H40N2OS. The largest absolute Gasteiger partial charge is 0.390 e. The summed E-state index contributed by atoms with van der Waals surface area (Å²) in [5.41, 5.74) is 3.86. The van der Waals surface area contributed by atoms with Crippen LogP contribution in [0.15, 0.2) is 77.5 Å². The molecule has 35 heavy (non-hydrogen) atoms.